The fourth-order valence-corrected chi connectivity index (χ4v) is 7.03. The number of carbonyl (C=O) groups is 2. The predicted molar refractivity (Wildman–Crippen MR) is 288 cm³/mol. The molecule has 0 saturated heterocycles. The molecule has 0 aromatic heterocycles. The summed E-state index contributed by atoms with van der Waals surface area (Å²) in [6.45, 7) is 7.46. The Morgan fingerprint density at radius 1 is 0.348 bits per heavy atom. The van der Waals surface area contributed by atoms with Gasteiger partial charge < -0.3 is 14.2 Å². The summed E-state index contributed by atoms with van der Waals surface area (Å²) in [6, 6.07) is 0. The van der Waals surface area contributed by atoms with E-state index in [-0.39, 0.29) is 25.2 Å². The first kappa shape index (κ1) is 62.3. The molecule has 0 N–H and O–H groups in total. The van der Waals surface area contributed by atoms with E-state index in [2.05, 4.69) is 142 Å². The van der Waals surface area contributed by atoms with Gasteiger partial charge in [-0.05, 0) is 109 Å². The first-order valence-corrected chi connectivity index (χ1v) is 27.1. The zero-order valence-corrected chi connectivity index (χ0v) is 42.9. The largest absolute Gasteiger partial charge is 0.462 e. The van der Waals surface area contributed by atoms with Gasteiger partial charge in [-0.3, -0.25) is 9.59 Å². The average Bonchev–Trinajstić information content (AvgIpc) is 3.32. The van der Waals surface area contributed by atoms with Crippen LogP contribution in [0.25, 0.3) is 0 Å². The van der Waals surface area contributed by atoms with Crippen molar-refractivity contribution >= 4 is 11.9 Å². The first-order valence-electron chi connectivity index (χ1n) is 27.1. The molecule has 1 atom stereocenters. The number of esters is 2. The molecule has 0 fully saturated rings. The van der Waals surface area contributed by atoms with Crippen LogP contribution in [0.15, 0.2) is 122 Å². The predicted octanol–water partition coefficient (Wildman–Crippen LogP) is 18.6. The van der Waals surface area contributed by atoms with Crippen LogP contribution in [0.2, 0.25) is 0 Å². The van der Waals surface area contributed by atoms with Gasteiger partial charge in [0.15, 0.2) is 6.10 Å². The zero-order chi connectivity index (χ0) is 47.7. The van der Waals surface area contributed by atoms with Gasteiger partial charge in [-0.15, -0.1) is 0 Å². The zero-order valence-electron chi connectivity index (χ0n) is 42.9. The molecule has 5 nitrogen and oxygen atoms in total. The van der Waals surface area contributed by atoms with Gasteiger partial charge in [0.25, 0.3) is 0 Å². The highest BCUT2D eigenvalue weighted by molar-refractivity contribution is 5.70. The molecule has 0 amide bonds. The second-order valence-corrected chi connectivity index (χ2v) is 17.4. The van der Waals surface area contributed by atoms with Crippen LogP contribution in [-0.4, -0.2) is 37.9 Å². The standard InChI is InChI=1S/C61H100O5/c1-4-7-10-13-16-19-22-25-27-29-31-32-34-37-39-42-45-48-51-54-60(62)65-58-59(66-61(63)55-52-49-46-43-40-36-24-21-18-15-12-9-6-3)57-64-56-53-50-47-44-41-38-35-33-30-28-26-23-20-17-14-11-8-5-2/h7-8,10-11,16-17,19-20,25-28,31-33,35,37,39,41,44,59H,4-6,9,12-15,18,21-24,29-30,34,36,38,40,42-43,45-58H2,1-3H3/b10-7-,11-8-,19-16-,20-17-,27-25-,28-26-,32-31-,35-33-,39-37-,44-41-. The maximum atomic E-state index is 12.8. The van der Waals surface area contributed by atoms with Crippen molar-refractivity contribution in [1.82, 2.24) is 0 Å². The number of hydrogen-bond acceptors (Lipinski definition) is 5. The third kappa shape index (κ3) is 52.9. The number of allylic oxidation sites excluding steroid dienone is 20. The number of rotatable bonds is 48. The maximum Gasteiger partial charge on any atom is 0.306 e. The van der Waals surface area contributed by atoms with Gasteiger partial charge in [0.1, 0.15) is 6.61 Å². The van der Waals surface area contributed by atoms with Crippen molar-refractivity contribution in [3.63, 3.8) is 0 Å². The van der Waals surface area contributed by atoms with Crippen molar-refractivity contribution in [2.24, 2.45) is 0 Å². The molecule has 0 aliphatic heterocycles. The highest BCUT2D eigenvalue weighted by Crippen LogP contribution is 2.14. The minimum Gasteiger partial charge on any atom is -0.462 e. The molecule has 374 valence electrons. The van der Waals surface area contributed by atoms with Gasteiger partial charge in [0.05, 0.1) is 6.61 Å². The number of carbonyl (C=O) groups excluding carboxylic acids is 2. The molecule has 0 rings (SSSR count). The van der Waals surface area contributed by atoms with Gasteiger partial charge in [0.2, 0.25) is 0 Å². The summed E-state index contributed by atoms with van der Waals surface area (Å²) in [6.07, 6.45) is 77.9. The maximum absolute atomic E-state index is 12.8. The molecule has 66 heavy (non-hydrogen) atoms. The summed E-state index contributed by atoms with van der Waals surface area (Å²) >= 11 is 0. The van der Waals surface area contributed by atoms with Crippen LogP contribution in [0.1, 0.15) is 226 Å². The summed E-state index contributed by atoms with van der Waals surface area (Å²) in [7, 11) is 0. The number of ether oxygens (including phenoxy) is 3. The lowest BCUT2D eigenvalue weighted by atomic mass is 10.0. The number of unbranched alkanes of at least 4 members (excludes halogenated alkanes) is 17. The van der Waals surface area contributed by atoms with Crippen molar-refractivity contribution < 1.29 is 23.8 Å². The van der Waals surface area contributed by atoms with Crippen molar-refractivity contribution in [1.29, 1.82) is 0 Å². The minimum atomic E-state index is -0.579. The normalized spacial score (nSPS) is 13.2. The Morgan fingerprint density at radius 2 is 0.682 bits per heavy atom. The summed E-state index contributed by atoms with van der Waals surface area (Å²) in [5.41, 5.74) is 0. The Kier molecular flexibility index (Phi) is 52.5. The van der Waals surface area contributed by atoms with Gasteiger partial charge in [-0.25, -0.2) is 0 Å². The van der Waals surface area contributed by atoms with E-state index in [1.165, 1.54) is 64.2 Å². The molecule has 0 aliphatic carbocycles. The van der Waals surface area contributed by atoms with Crippen LogP contribution in [0, 0.1) is 0 Å². The van der Waals surface area contributed by atoms with E-state index in [1.807, 2.05) is 0 Å². The lowest BCUT2D eigenvalue weighted by molar-refractivity contribution is -0.163. The molecule has 0 radical (unpaired) electrons. The fourth-order valence-electron chi connectivity index (χ4n) is 7.03. The van der Waals surface area contributed by atoms with Crippen LogP contribution in [-0.2, 0) is 23.8 Å². The molecular weight excluding hydrogens is 813 g/mol. The Hall–Kier alpha value is -3.70. The van der Waals surface area contributed by atoms with E-state index in [1.54, 1.807) is 0 Å². The second kappa shape index (κ2) is 55.6. The SMILES string of the molecule is CC/C=C\C/C=C\C/C=C\C/C=C\C/C=C\CCCCCC(=O)OCC(COCCCC/C=C\C/C=C\C/C=C\C/C=C\C/C=C\CC)OC(=O)CCCCCCCCCCCCCCC. The second-order valence-electron chi connectivity index (χ2n) is 17.4. The third-order valence-electron chi connectivity index (χ3n) is 11.0. The molecule has 0 heterocycles. The Bertz CT molecular complexity index is 1350. The summed E-state index contributed by atoms with van der Waals surface area (Å²) in [5, 5.41) is 0. The average molecular weight is 913 g/mol. The molecule has 1 unspecified atom stereocenters. The molecule has 0 bridgehead atoms. The lowest BCUT2D eigenvalue weighted by Crippen LogP contribution is -2.30. The van der Waals surface area contributed by atoms with E-state index < -0.39 is 6.10 Å². The summed E-state index contributed by atoms with van der Waals surface area (Å²) in [4.78, 5) is 25.4. The Morgan fingerprint density at radius 3 is 1.09 bits per heavy atom. The minimum absolute atomic E-state index is 0.0449. The monoisotopic (exact) mass is 913 g/mol. The summed E-state index contributed by atoms with van der Waals surface area (Å²) < 4.78 is 17.4. The summed E-state index contributed by atoms with van der Waals surface area (Å²) in [5.74, 6) is -0.462. The molecule has 0 saturated carbocycles. The van der Waals surface area contributed by atoms with Crippen LogP contribution < -0.4 is 0 Å². The van der Waals surface area contributed by atoms with Crippen molar-refractivity contribution in [3.8, 4) is 0 Å². The van der Waals surface area contributed by atoms with E-state index in [0.717, 1.165) is 128 Å². The van der Waals surface area contributed by atoms with E-state index in [4.69, 9.17) is 14.2 Å². The van der Waals surface area contributed by atoms with Gasteiger partial charge in [0, 0.05) is 19.4 Å². The van der Waals surface area contributed by atoms with E-state index in [0.29, 0.717) is 19.4 Å². The van der Waals surface area contributed by atoms with Crippen LogP contribution in [0.4, 0.5) is 0 Å². The van der Waals surface area contributed by atoms with Crippen molar-refractivity contribution in [2.75, 3.05) is 19.8 Å². The van der Waals surface area contributed by atoms with Crippen LogP contribution in [0.3, 0.4) is 0 Å². The quantitative estimate of drug-likeness (QED) is 0.0346. The molecule has 0 aromatic rings. The Balaban J connectivity index is 4.42. The van der Waals surface area contributed by atoms with Crippen molar-refractivity contribution in [2.45, 2.75) is 232 Å². The molecule has 0 aliphatic rings. The number of hydrogen-bond donors (Lipinski definition) is 0. The lowest BCUT2D eigenvalue weighted by Gasteiger charge is -2.18. The molecular formula is C61H100O5. The third-order valence-corrected chi connectivity index (χ3v) is 11.0. The molecule has 0 aromatic carbocycles. The fraction of sp³-hybridized carbons (Fsp3) is 0.639. The van der Waals surface area contributed by atoms with E-state index >= 15 is 0 Å². The molecule has 0 spiro atoms. The van der Waals surface area contributed by atoms with E-state index in [9.17, 15) is 9.59 Å². The smallest absolute Gasteiger partial charge is 0.306 e. The van der Waals surface area contributed by atoms with Crippen molar-refractivity contribution in [3.05, 3.63) is 122 Å². The van der Waals surface area contributed by atoms with Gasteiger partial charge in [-0.2, -0.15) is 0 Å². The van der Waals surface area contributed by atoms with Gasteiger partial charge in [-0.1, -0.05) is 226 Å². The van der Waals surface area contributed by atoms with Gasteiger partial charge >= 0.3 is 11.9 Å². The highest BCUT2D eigenvalue weighted by atomic mass is 16.6. The highest BCUT2D eigenvalue weighted by Gasteiger charge is 2.17. The Labute approximate surface area is 407 Å². The van der Waals surface area contributed by atoms with Crippen LogP contribution in [0.5, 0.6) is 0 Å². The first-order chi connectivity index (χ1) is 32.6. The molecule has 5 heteroatoms. The van der Waals surface area contributed by atoms with Crippen LogP contribution >= 0.6 is 0 Å². The topological polar surface area (TPSA) is 61.8 Å².